The van der Waals surface area contributed by atoms with Crippen LogP contribution in [0.4, 0.5) is 11.4 Å². The lowest BCUT2D eigenvalue weighted by Gasteiger charge is -2.14. The lowest BCUT2D eigenvalue weighted by Crippen LogP contribution is -2.34. The van der Waals surface area contributed by atoms with Crippen molar-refractivity contribution in [2.75, 3.05) is 17.2 Å². The number of nitrogens with one attached hydrogen (secondary N) is 3. The first kappa shape index (κ1) is 23.2. The molecule has 164 valence electrons. The van der Waals surface area contributed by atoms with Gasteiger partial charge in [0.2, 0.25) is 5.91 Å². The number of aryl methyl sites for hydroxylation is 1. The van der Waals surface area contributed by atoms with Crippen LogP contribution in [0.1, 0.15) is 42.6 Å². The number of rotatable bonds is 7. The van der Waals surface area contributed by atoms with Gasteiger partial charge in [-0.2, -0.15) is 0 Å². The Morgan fingerprint density at radius 1 is 1.16 bits per heavy atom. The van der Waals surface area contributed by atoms with Crippen molar-refractivity contribution in [1.29, 1.82) is 0 Å². The summed E-state index contributed by atoms with van der Waals surface area (Å²) in [5, 5.41) is 8.80. The summed E-state index contributed by atoms with van der Waals surface area (Å²) in [6.07, 6.45) is 1.89. The van der Waals surface area contributed by atoms with Crippen molar-refractivity contribution in [3.63, 3.8) is 0 Å². The molecular weight excluding hydrogens is 478 g/mol. The third-order valence-corrected chi connectivity index (χ3v) is 5.52. The number of carbonyl (C=O) groups is 2. The molecule has 0 unspecified atom stereocenters. The van der Waals surface area contributed by atoms with Gasteiger partial charge in [0.15, 0.2) is 5.11 Å². The van der Waals surface area contributed by atoms with Crippen LogP contribution in [0.5, 0.6) is 5.75 Å². The molecule has 1 saturated carbocycles. The molecule has 0 bridgehead atoms. The molecule has 3 N–H and O–H groups in total. The van der Waals surface area contributed by atoms with Crippen LogP contribution in [0.3, 0.4) is 0 Å². The quantitative estimate of drug-likeness (QED) is 0.448. The van der Waals surface area contributed by atoms with Gasteiger partial charge in [0.1, 0.15) is 5.75 Å². The van der Waals surface area contributed by atoms with Crippen molar-refractivity contribution < 1.29 is 14.3 Å². The predicted molar refractivity (Wildman–Crippen MR) is 131 cm³/mol. The van der Waals surface area contributed by atoms with Crippen LogP contribution in [-0.4, -0.2) is 23.5 Å². The molecule has 1 fully saturated rings. The number of amides is 2. The first-order valence-corrected chi connectivity index (χ1v) is 11.4. The van der Waals surface area contributed by atoms with E-state index in [2.05, 4.69) is 45.7 Å². The molecule has 2 amide bonds. The summed E-state index contributed by atoms with van der Waals surface area (Å²) in [5.41, 5.74) is 2.82. The zero-order chi connectivity index (χ0) is 22.5. The van der Waals surface area contributed by atoms with Crippen LogP contribution >= 0.6 is 28.1 Å². The van der Waals surface area contributed by atoms with Gasteiger partial charge in [-0.05, 0) is 89.7 Å². The van der Waals surface area contributed by atoms with Crippen LogP contribution in [0.15, 0.2) is 40.9 Å². The lowest BCUT2D eigenvalue weighted by atomic mass is 10.1. The van der Waals surface area contributed by atoms with Gasteiger partial charge in [-0.15, -0.1) is 0 Å². The van der Waals surface area contributed by atoms with E-state index in [1.807, 2.05) is 25.1 Å². The largest absolute Gasteiger partial charge is 0.492 e. The van der Waals surface area contributed by atoms with Crippen molar-refractivity contribution in [2.24, 2.45) is 11.8 Å². The van der Waals surface area contributed by atoms with Gasteiger partial charge in [0.05, 0.1) is 11.1 Å². The molecule has 8 heteroatoms. The highest BCUT2D eigenvalue weighted by Crippen LogP contribution is 2.31. The average molecular weight is 504 g/mol. The summed E-state index contributed by atoms with van der Waals surface area (Å²) >= 11 is 8.74. The minimum absolute atomic E-state index is 0.0440. The van der Waals surface area contributed by atoms with E-state index in [4.69, 9.17) is 17.0 Å². The van der Waals surface area contributed by atoms with E-state index in [-0.39, 0.29) is 22.8 Å². The van der Waals surface area contributed by atoms with Crippen LogP contribution < -0.4 is 20.7 Å². The molecule has 1 aliphatic carbocycles. The Morgan fingerprint density at radius 3 is 2.55 bits per heavy atom. The fourth-order valence-corrected chi connectivity index (χ4v) is 3.47. The summed E-state index contributed by atoms with van der Waals surface area (Å²) in [6.45, 7) is 6.67. The molecule has 6 nitrogen and oxygen atoms in total. The van der Waals surface area contributed by atoms with Gasteiger partial charge in [-0.3, -0.25) is 14.9 Å². The molecule has 0 aromatic heterocycles. The van der Waals surface area contributed by atoms with Gasteiger partial charge < -0.3 is 15.4 Å². The number of carbonyl (C=O) groups excluding carboxylic acids is 2. The van der Waals surface area contributed by atoms with Crippen LogP contribution in [-0.2, 0) is 4.79 Å². The summed E-state index contributed by atoms with van der Waals surface area (Å²) in [6, 6.07) is 10.7. The zero-order valence-electron chi connectivity index (χ0n) is 17.8. The number of anilines is 2. The van der Waals surface area contributed by atoms with Crippen molar-refractivity contribution >= 4 is 56.4 Å². The summed E-state index contributed by atoms with van der Waals surface area (Å²) < 4.78 is 6.42. The third-order valence-electron chi connectivity index (χ3n) is 4.69. The Kier molecular flexibility index (Phi) is 7.67. The van der Waals surface area contributed by atoms with Crippen molar-refractivity contribution in [2.45, 2.75) is 33.6 Å². The maximum Gasteiger partial charge on any atom is 0.257 e. The second kappa shape index (κ2) is 10.2. The molecule has 1 aliphatic rings. The van der Waals surface area contributed by atoms with Gasteiger partial charge in [0.25, 0.3) is 5.91 Å². The smallest absolute Gasteiger partial charge is 0.257 e. The number of halogens is 1. The molecule has 0 heterocycles. The molecule has 2 aromatic carbocycles. The Labute approximate surface area is 196 Å². The predicted octanol–water partition coefficient (Wildman–Crippen LogP) is 5.27. The molecule has 0 saturated heterocycles. The second-order valence-electron chi connectivity index (χ2n) is 8.05. The fraction of sp³-hybridized carbons (Fsp3) is 0.348. The van der Waals surface area contributed by atoms with E-state index in [1.165, 1.54) is 0 Å². The van der Waals surface area contributed by atoms with Crippen molar-refractivity contribution in [3.05, 3.63) is 52.0 Å². The topological polar surface area (TPSA) is 79.5 Å². The van der Waals surface area contributed by atoms with E-state index < -0.39 is 0 Å². The van der Waals surface area contributed by atoms with E-state index in [0.717, 1.165) is 24.1 Å². The number of thiocarbonyl (C=S) groups is 1. The lowest BCUT2D eigenvalue weighted by molar-refractivity contribution is -0.117. The van der Waals surface area contributed by atoms with Gasteiger partial charge in [-0.1, -0.05) is 19.9 Å². The Morgan fingerprint density at radius 2 is 1.90 bits per heavy atom. The first-order chi connectivity index (χ1) is 14.7. The molecule has 2 aromatic rings. The number of hydrogen-bond donors (Lipinski definition) is 3. The molecule has 0 radical (unpaired) electrons. The zero-order valence-corrected chi connectivity index (χ0v) is 20.2. The third kappa shape index (κ3) is 6.77. The SMILES string of the molecule is Cc1ccc(NC(=S)NC(=O)c2ccc(OCC(C)C)c(Br)c2)cc1NC(=O)C1CC1. The minimum atomic E-state index is -0.331. The van der Waals surface area contributed by atoms with E-state index in [0.29, 0.717) is 34.0 Å². The molecule has 0 atom stereocenters. The number of ether oxygens (including phenoxy) is 1. The van der Waals surface area contributed by atoms with Crippen molar-refractivity contribution in [3.8, 4) is 5.75 Å². The Hall–Kier alpha value is -2.45. The Bertz CT molecular complexity index is 1010. The summed E-state index contributed by atoms with van der Waals surface area (Å²) in [4.78, 5) is 24.6. The standard InChI is InChI=1S/C23H26BrN3O3S/c1-13(2)12-30-20-9-7-16(10-18(20)24)22(29)27-23(31)25-17-8-4-14(3)19(11-17)26-21(28)15-5-6-15/h4,7-11,13,15H,5-6,12H2,1-3H3,(H,26,28)(H2,25,27,29,31). The monoisotopic (exact) mass is 503 g/mol. The Balaban J connectivity index is 1.59. The van der Waals surface area contributed by atoms with E-state index in [9.17, 15) is 9.59 Å². The van der Waals surface area contributed by atoms with Gasteiger partial charge in [0, 0.05) is 22.9 Å². The fourth-order valence-electron chi connectivity index (χ4n) is 2.77. The van der Waals surface area contributed by atoms with Gasteiger partial charge >= 0.3 is 0 Å². The number of hydrogen-bond acceptors (Lipinski definition) is 4. The summed E-state index contributed by atoms with van der Waals surface area (Å²) in [5.74, 6) is 0.928. The van der Waals surface area contributed by atoms with Crippen molar-refractivity contribution in [1.82, 2.24) is 5.32 Å². The normalized spacial score (nSPS) is 12.9. The van der Waals surface area contributed by atoms with Gasteiger partial charge in [-0.25, -0.2) is 0 Å². The highest BCUT2D eigenvalue weighted by Gasteiger charge is 2.29. The van der Waals surface area contributed by atoms with E-state index >= 15 is 0 Å². The molecule has 0 spiro atoms. The first-order valence-electron chi connectivity index (χ1n) is 10.2. The highest BCUT2D eigenvalue weighted by molar-refractivity contribution is 9.10. The van der Waals surface area contributed by atoms with Crippen LogP contribution in [0.2, 0.25) is 0 Å². The second-order valence-corrected chi connectivity index (χ2v) is 9.31. The van der Waals surface area contributed by atoms with Crippen LogP contribution in [0.25, 0.3) is 0 Å². The molecule has 0 aliphatic heterocycles. The maximum absolute atomic E-state index is 12.6. The molecular formula is C23H26BrN3O3S. The molecule has 3 rings (SSSR count). The van der Waals surface area contributed by atoms with E-state index in [1.54, 1.807) is 18.2 Å². The summed E-state index contributed by atoms with van der Waals surface area (Å²) in [7, 11) is 0. The van der Waals surface area contributed by atoms with Crippen LogP contribution in [0, 0.1) is 18.8 Å². The highest BCUT2D eigenvalue weighted by atomic mass is 79.9. The molecule has 31 heavy (non-hydrogen) atoms. The average Bonchev–Trinajstić information content (AvgIpc) is 3.54. The number of benzene rings is 2. The minimum Gasteiger partial charge on any atom is -0.492 e. The maximum atomic E-state index is 12.6.